The van der Waals surface area contributed by atoms with Crippen molar-refractivity contribution in [1.29, 1.82) is 0 Å². The quantitative estimate of drug-likeness (QED) is 0.0629. The Kier molecular flexibility index (Phi) is 20.8. The second kappa shape index (κ2) is 23.2. The van der Waals surface area contributed by atoms with Crippen molar-refractivity contribution < 1.29 is 28.9 Å². The Bertz CT molecular complexity index is 669. The van der Waals surface area contributed by atoms with Crippen LogP contribution in [0.5, 0.6) is 0 Å². The lowest BCUT2D eigenvalue weighted by Crippen LogP contribution is -2.25. The van der Waals surface area contributed by atoms with Crippen LogP contribution in [0.1, 0.15) is 117 Å². The molecule has 0 radical (unpaired) electrons. The molecule has 1 aliphatic heterocycles. The summed E-state index contributed by atoms with van der Waals surface area (Å²) in [5.41, 5.74) is 0. The SMILES string of the molecule is CCCCC/C=C\CC1OC1C/C=C\C/C=C\CCCC(=O)OC[C@H](O)COC(=O)CCCCCCC. The first kappa shape index (κ1) is 33.1. The van der Waals surface area contributed by atoms with E-state index < -0.39 is 6.10 Å². The Labute approximate surface area is 225 Å². The average Bonchev–Trinajstić information content (AvgIpc) is 3.65. The van der Waals surface area contributed by atoms with Crippen LogP contribution in [0.15, 0.2) is 36.5 Å². The third-order valence-electron chi connectivity index (χ3n) is 6.28. The number of epoxide rings is 1. The number of hydrogen-bond donors (Lipinski definition) is 1. The van der Waals surface area contributed by atoms with Crippen LogP contribution < -0.4 is 0 Å². The Morgan fingerprint density at radius 3 is 1.89 bits per heavy atom. The van der Waals surface area contributed by atoms with Gasteiger partial charge in [-0.05, 0) is 51.4 Å². The second-order valence-corrected chi connectivity index (χ2v) is 9.91. The zero-order chi connectivity index (χ0) is 27.0. The molecule has 1 fully saturated rings. The molecule has 0 spiro atoms. The number of esters is 2. The van der Waals surface area contributed by atoms with Gasteiger partial charge in [-0.25, -0.2) is 0 Å². The highest BCUT2D eigenvalue weighted by Crippen LogP contribution is 2.29. The van der Waals surface area contributed by atoms with Gasteiger partial charge in [-0.2, -0.15) is 0 Å². The van der Waals surface area contributed by atoms with E-state index in [-0.39, 0.29) is 25.2 Å². The highest BCUT2D eigenvalue weighted by molar-refractivity contribution is 5.69. The van der Waals surface area contributed by atoms with Crippen LogP contribution in [0.4, 0.5) is 0 Å². The summed E-state index contributed by atoms with van der Waals surface area (Å²) in [6, 6.07) is 0. The van der Waals surface area contributed by atoms with Crippen molar-refractivity contribution in [2.75, 3.05) is 13.2 Å². The number of unbranched alkanes of at least 4 members (excludes halogenated alkanes) is 8. The van der Waals surface area contributed by atoms with Crippen molar-refractivity contribution in [2.24, 2.45) is 0 Å². The molecule has 1 aliphatic rings. The summed E-state index contributed by atoms with van der Waals surface area (Å²) in [5.74, 6) is -0.654. The maximum Gasteiger partial charge on any atom is 0.305 e. The first-order valence-corrected chi connectivity index (χ1v) is 14.7. The number of carbonyl (C=O) groups excluding carboxylic acids is 2. The molecular formula is C31H52O6. The molecule has 3 atom stereocenters. The van der Waals surface area contributed by atoms with Gasteiger partial charge < -0.3 is 19.3 Å². The van der Waals surface area contributed by atoms with E-state index in [2.05, 4.69) is 50.3 Å². The molecule has 0 aliphatic carbocycles. The lowest BCUT2D eigenvalue weighted by Gasteiger charge is -2.12. The number of aliphatic hydroxyl groups excluding tert-OH is 1. The Hall–Kier alpha value is -1.92. The normalized spacial score (nSPS) is 18.1. The van der Waals surface area contributed by atoms with Gasteiger partial charge in [-0.15, -0.1) is 0 Å². The number of allylic oxidation sites excluding steroid dienone is 4. The number of aliphatic hydroxyl groups is 1. The minimum atomic E-state index is -0.983. The van der Waals surface area contributed by atoms with E-state index in [1.807, 2.05) is 0 Å². The highest BCUT2D eigenvalue weighted by Gasteiger charge is 2.35. The van der Waals surface area contributed by atoms with Crippen molar-refractivity contribution in [2.45, 2.75) is 135 Å². The van der Waals surface area contributed by atoms with Crippen LogP contribution >= 0.6 is 0 Å². The minimum Gasteiger partial charge on any atom is -0.463 e. The maximum absolute atomic E-state index is 11.8. The van der Waals surface area contributed by atoms with E-state index >= 15 is 0 Å². The summed E-state index contributed by atoms with van der Waals surface area (Å²) in [6.45, 7) is 4.09. The lowest BCUT2D eigenvalue weighted by atomic mass is 10.1. The van der Waals surface area contributed by atoms with Crippen molar-refractivity contribution in [1.82, 2.24) is 0 Å². The van der Waals surface area contributed by atoms with Crippen molar-refractivity contribution in [3.8, 4) is 0 Å². The summed E-state index contributed by atoms with van der Waals surface area (Å²) >= 11 is 0. The summed E-state index contributed by atoms with van der Waals surface area (Å²) < 4.78 is 15.8. The Morgan fingerprint density at radius 1 is 0.703 bits per heavy atom. The molecule has 1 rings (SSSR count). The molecular weight excluding hydrogens is 468 g/mol. The zero-order valence-electron chi connectivity index (χ0n) is 23.4. The first-order chi connectivity index (χ1) is 18.1. The van der Waals surface area contributed by atoms with E-state index in [9.17, 15) is 14.7 Å². The van der Waals surface area contributed by atoms with Crippen LogP contribution in [0.25, 0.3) is 0 Å². The molecule has 0 saturated carbocycles. The van der Waals surface area contributed by atoms with Gasteiger partial charge in [0.15, 0.2) is 0 Å². The molecule has 2 unspecified atom stereocenters. The lowest BCUT2D eigenvalue weighted by molar-refractivity contribution is -0.152. The van der Waals surface area contributed by atoms with Crippen LogP contribution in [0.3, 0.4) is 0 Å². The van der Waals surface area contributed by atoms with Crippen LogP contribution in [-0.2, 0) is 23.8 Å². The predicted molar refractivity (Wildman–Crippen MR) is 149 cm³/mol. The number of hydrogen-bond acceptors (Lipinski definition) is 6. The fraction of sp³-hybridized carbons (Fsp3) is 0.742. The third-order valence-corrected chi connectivity index (χ3v) is 6.28. The standard InChI is InChI=1S/C31H52O6/c1-3-5-7-9-14-17-21-28-29(37-28)22-18-15-11-10-12-16-20-24-31(34)36-26-27(32)25-35-30(33)23-19-13-8-6-4-2/h10,12,14-15,17-18,27-29,32H,3-9,11,13,16,19-26H2,1-2H3/b12-10-,17-14-,18-15-/t27-,28?,29?/m1/s1. The second-order valence-electron chi connectivity index (χ2n) is 9.91. The number of rotatable bonds is 24. The van der Waals surface area contributed by atoms with Gasteiger partial charge in [0.1, 0.15) is 19.3 Å². The Morgan fingerprint density at radius 2 is 1.22 bits per heavy atom. The van der Waals surface area contributed by atoms with Crippen molar-refractivity contribution >= 4 is 11.9 Å². The topological polar surface area (TPSA) is 85.4 Å². The minimum absolute atomic E-state index is 0.138. The predicted octanol–water partition coefficient (Wildman–Crippen LogP) is 7.15. The van der Waals surface area contributed by atoms with Crippen molar-refractivity contribution in [3.63, 3.8) is 0 Å². The first-order valence-electron chi connectivity index (χ1n) is 14.7. The average molecular weight is 521 g/mol. The molecule has 0 aromatic carbocycles. The van der Waals surface area contributed by atoms with Gasteiger partial charge in [-0.1, -0.05) is 88.8 Å². The summed E-state index contributed by atoms with van der Waals surface area (Å²) in [5, 5.41) is 9.85. The maximum atomic E-state index is 11.8. The smallest absolute Gasteiger partial charge is 0.305 e. The van der Waals surface area contributed by atoms with Gasteiger partial charge in [0.25, 0.3) is 0 Å². The molecule has 212 valence electrons. The molecule has 6 nitrogen and oxygen atoms in total. The van der Waals surface area contributed by atoms with E-state index in [0.29, 0.717) is 31.5 Å². The van der Waals surface area contributed by atoms with E-state index in [0.717, 1.165) is 44.9 Å². The van der Waals surface area contributed by atoms with Crippen LogP contribution in [0.2, 0.25) is 0 Å². The molecule has 1 saturated heterocycles. The molecule has 0 aromatic heterocycles. The van der Waals surface area contributed by atoms with Crippen molar-refractivity contribution in [3.05, 3.63) is 36.5 Å². The highest BCUT2D eigenvalue weighted by atomic mass is 16.6. The van der Waals surface area contributed by atoms with Gasteiger partial charge in [0.2, 0.25) is 0 Å². The monoisotopic (exact) mass is 520 g/mol. The number of ether oxygens (including phenoxy) is 3. The molecule has 1 heterocycles. The summed E-state index contributed by atoms with van der Waals surface area (Å²) in [7, 11) is 0. The largest absolute Gasteiger partial charge is 0.463 e. The van der Waals surface area contributed by atoms with Crippen LogP contribution in [-0.4, -0.2) is 48.6 Å². The fourth-order valence-electron chi connectivity index (χ4n) is 3.88. The summed E-state index contributed by atoms with van der Waals surface area (Å²) in [6.07, 6.45) is 28.3. The van der Waals surface area contributed by atoms with E-state index in [1.54, 1.807) is 0 Å². The van der Waals surface area contributed by atoms with E-state index in [1.165, 1.54) is 38.5 Å². The zero-order valence-corrected chi connectivity index (χ0v) is 23.4. The molecule has 0 amide bonds. The third kappa shape index (κ3) is 20.8. The fourth-order valence-corrected chi connectivity index (χ4v) is 3.88. The number of carbonyl (C=O) groups is 2. The van der Waals surface area contributed by atoms with Crippen LogP contribution in [0, 0.1) is 0 Å². The molecule has 0 bridgehead atoms. The molecule has 0 aromatic rings. The molecule has 1 N–H and O–H groups in total. The van der Waals surface area contributed by atoms with Gasteiger partial charge in [0.05, 0.1) is 12.2 Å². The van der Waals surface area contributed by atoms with Gasteiger partial charge in [-0.3, -0.25) is 9.59 Å². The molecule has 6 heteroatoms. The van der Waals surface area contributed by atoms with Gasteiger partial charge in [0, 0.05) is 12.8 Å². The van der Waals surface area contributed by atoms with Gasteiger partial charge >= 0.3 is 11.9 Å². The molecule has 37 heavy (non-hydrogen) atoms. The Balaban J connectivity index is 1.93. The van der Waals surface area contributed by atoms with E-state index in [4.69, 9.17) is 14.2 Å². The summed E-state index contributed by atoms with van der Waals surface area (Å²) in [4.78, 5) is 23.5.